The number of benzene rings is 1. The molecule has 8 nitrogen and oxygen atoms in total. The fourth-order valence-electron chi connectivity index (χ4n) is 3.62. The highest BCUT2D eigenvalue weighted by molar-refractivity contribution is 5.92. The van der Waals surface area contributed by atoms with Crippen molar-refractivity contribution in [3.05, 3.63) is 36.2 Å². The molecule has 0 aliphatic carbocycles. The molecule has 1 aromatic carbocycles. The Bertz CT molecular complexity index is 779. The Morgan fingerprint density at radius 2 is 2.15 bits per heavy atom. The van der Waals surface area contributed by atoms with Crippen molar-refractivity contribution in [3.63, 3.8) is 0 Å². The lowest BCUT2D eigenvalue weighted by Crippen LogP contribution is -2.48. The van der Waals surface area contributed by atoms with E-state index in [0.29, 0.717) is 25.3 Å². The quantitative estimate of drug-likeness (QED) is 0.792. The van der Waals surface area contributed by atoms with Gasteiger partial charge in [0.05, 0.1) is 26.0 Å². The molecule has 1 aromatic heterocycles. The molecule has 3 heterocycles. The molecule has 0 N–H and O–H groups in total. The number of aromatic nitrogens is 3. The van der Waals surface area contributed by atoms with Crippen molar-refractivity contribution in [2.75, 3.05) is 44.8 Å². The highest BCUT2D eigenvalue weighted by Gasteiger charge is 2.25. The topological polar surface area (TPSA) is 72.7 Å². The lowest BCUT2D eigenvalue weighted by Gasteiger charge is -2.35. The molecule has 1 amide bonds. The molecular weight excluding hydrogens is 346 g/mol. The molecular formula is C19H25N5O3. The number of anilines is 1. The zero-order valence-corrected chi connectivity index (χ0v) is 15.6. The van der Waals surface area contributed by atoms with E-state index in [0.717, 1.165) is 44.0 Å². The van der Waals surface area contributed by atoms with Crippen LogP contribution in [0.2, 0.25) is 0 Å². The monoisotopic (exact) mass is 371 g/mol. The summed E-state index contributed by atoms with van der Waals surface area (Å²) in [6.07, 6.45) is 4.04. The SMILES string of the molecule is COc1cccc(N2CCN(C(=O)c3cn(C[C@@H]4CCCO4)nn3)CC2)c1. The number of hydrogen-bond acceptors (Lipinski definition) is 6. The van der Waals surface area contributed by atoms with E-state index in [1.807, 2.05) is 23.1 Å². The van der Waals surface area contributed by atoms with Gasteiger partial charge in [-0.1, -0.05) is 11.3 Å². The van der Waals surface area contributed by atoms with E-state index in [-0.39, 0.29) is 12.0 Å². The molecule has 0 radical (unpaired) electrons. The first-order chi connectivity index (χ1) is 13.2. The Morgan fingerprint density at radius 1 is 1.30 bits per heavy atom. The number of piperazine rings is 1. The third-order valence-corrected chi connectivity index (χ3v) is 5.16. The summed E-state index contributed by atoms with van der Waals surface area (Å²) in [5.41, 5.74) is 1.52. The minimum absolute atomic E-state index is 0.0566. The summed E-state index contributed by atoms with van der Waals surface area (Å²) in [4.78, 5) is 16.8. The molecule has 4 rings (SSSR count). The van der Waals surface area contributed by atoms with Gasteiger partial charge in [-0.25, -0.2) is 4.68 Å². The molecule has 2 saturated heterocycles. The van der Waals surface area contributed by atoms with E-state index in [1.165, 1.54) is 0 Å². The fraction of sp³-hybridized carbons (Fsp3) is 0.526. The largest absolute Gasteiger partial charge is 0.497 e. The average Bonchev–Trinajstić information content (AvgIpc) is 3.40. The first kappa shape index (κ1) is 17.8. The van der Waals surface area contributed by atoms with Crippen molar-refractivity contribution < 1.29 is 14.3 Å². The third-order valence-electron chi connectivity index (χ3n) is 5.16. The first-order valence-corrected chi connectivity index (χ1v) is 9.43. The van der Waals surface area contributed by atoms with E-state index in [2.05, 4.69) is 21.3 Å². The summed E-state index contributed by atoms with van der Waals surface area (Å²) < 4.78 is 12.6. The Kier molecular flexibility index (Phi) is 5.24. The lowest BCUT2D eigenvalue weighted by atomic mass is 10.2. The second-order valence-electron chi connectivity index (χ2n) is 6.94. The van der Waals surface area contributed by atoms with Crippen LogP contribution in [0.25, 0.3) is 0 Å². The number of nitrogens with zero attached hydrogens (tertiary/aromatic N) is 5. The molecule has 8 heteroatoms. The van der Waals surface area contributed by atoms with Crippen LogP contribution in [0.1, 0.15) is 23.3 Å². The van der Waals surface area contributed by atoms with Gasteiger partial charge in [-0.2, -0.15) is 0 Å². The molecule has 0 saturated carbocycles. The molecule has 2 aromatic rings. The van der Waals surface area contributed by atoms with Crippen molar-refractivity contribution >= 4 is 11.6 Å². The zero-order chi connectivity index (χ0) is 18.6. The number of carbonyl (C=O) groups is 1. The summed E-state index contributed by atoms with van der Waals surface area (Å²) >= 11 is 0. The highest BCUT2D eigenvalue weighted by Crippen LogP contribution is 2.22. The molecule has 2 fully saturated rings. The van der Waals surface area contributed by atoms with Crippen LogP contribution in [0.5, 0.6) is 5.75 Å². The average molecular weight is 371 g/mol. The van der Waals surface area contributed by atoms with Crippen molar-refractivity contribution in [2.24, 2.45) is 0 Å². The Morgan fingerprint density at radius 3 is 2.89 bits per heavy atom. The first-order valence-electron chi connectivity index (χ1n) is 9.43. The van der Waals surface area contributed by atoms with Crippen LogP contribution in [0, 0.1) is 0 Å². The van der Waals surface area contributed by atoms with Gasteiger partial charge >= 0.3 is 0 Å². The van der Waals surface area contributed by atoms with E-state index in [4.69, 9.17) is 9.47 Å². The van der Waals surface area contributed by atoms with Gasteiger partial charge in [0.1, 0.15) is 5.75 Å². The number of ether oxygens (including phenoxy) is 2. The number of carbonyl (C=O) groups excluding carboxylic acids is 1. The van der Waals surface area contributed by atoms with E-state index in [1.54, 1.807) is 18.0 Å². The number of amides is 1. The van der Waals surface area contributed by atoms with Gasteiger partial charge in [0.2, 0.25) is 0 Å². The third kappa shape index (κ3) is 4.05. The van der Waals surface area contributed by atoms with Gasteiger partial charge in [-0.05, 0) is 25.0 Å². The van der Waals surface area contributed by atoms with Gasteiger partial charge in [-0.3, -0.25) is 4.79 Å². The van der Waals surface area contributed by atoms with Crippen molar-refractivity contribution in [1.29, 1.82) is 0 Å². The van der Waals surface area contributed by atoms with Crippen molar-refractivity contribution in [3.8, 4) is 5.75 Å². The Balaban J connectivity index is 1.33. The van der Waals surface area contributed by atoms with Crippen LogP contribution >= 0.6 is 0 Å². The van der Waals surface area contributed by atoms with Gasteiger partial charge in [0.15, 0.2) is 5.69 Å². The Labute approximate surface area is 158 Å². The molecule has 1 atom stereocenters. The van der Waals surface area contributed by atoms with Crippen LogP contribution in [-0.2, 0) is 11.3 Å². The van der Waals surface area contributed by atoms with Gasteiger partial charge in [0, 0.05) is 44.5 Å². The minimum Gasteiger partial charge on any atom is -0.497 e. The number of hydrogen-bond donors (Lipinski definition) is 0. The molecule has 2 aliphatic rings. The summed E-state index contributed by atoms with van der Waals surface area (Å²) in [5, 5.41) is 8.16. The molecule has 144 valence electrons. The van der Waals surface area contributed by atoms with E-state index in [9.17, 15) is 4.79 Å². The smallest absolute Gasteiger partial charge is 0.276 e. The van der Waals surface area contributed by atoms with Crippen molar-refractivity contribution in [2.45, 2.75) is 25.5 Å². The summed E-state index contributed by atoms with van der Waals surface area (Å²) in [5.74, 6) is 0.785. The normalized spacial score (nSPS) is 20.1. The van der Waals surface area contributed by atoms with Gasteiger partial charge < -0.3 is 19.3 Å². The van der Waals surface area contributed by atoms with E-state index < -0.39 is 0 Å². The number of rotatable bonds is 5. The predicted octanol–water partition coefficient (Wildman–Crippen LogP) is 1.43. The lowest BCUT2D eigenvalue weighted by molar-refractivity contribution is 0.0740. The second kappa shape index (κ2) is 7.96. The number of methoxy groups -OCH3 is 1. The maximum Gasteiger partial charge on any atom is 0.276 e. The maximum atomic E-state index is 12.7. The Hall–Kier alpha value is -2.61. The summed E-state index contributed by atoms with van der Waals surface area (Å²) in [6, 6.07) is 8.01. The summed E-state index contributed by atoms with van der Waals surface area (Å²) in [6.45, 7) is 4.35. The van der Waals surface area contributed by atoms with E-state index >= 15 is 0 Å². The molecule has 0 bridgehead atoms. The van der Waals surface area contributed by atoms with Crippen molar-refractivity contribution in [1.82, 2.24) is 19.9 Å². The van der Waals surface area contributed by atoms with Gasteiger partial charge in [0.25, 0.3) is 5.91 Å². The maximum absolute atomic E-state index is 12.7. The van der Waals surface area contributed by atoms with Crippen LogP contribution in [0.4, 0.5) is 5.69 Å². The van der Waals surface area contributed by atoms with Crippen LogP contribution in [0.15, 0.2) is 30.5 Å². The second-order valence-corrected chi connectivity index (χ2v) is 6.94. The molecule has 0 spiro atoms. The van der Waals surface area contributed by atoms with Crippen LogP contribution in [0.3, 0.4) is 0 Å². The molecule has 0 unspecified atom stereocenters. The summed E-state index contributed by atoms with van der Waals surface area (Å²) in [7, 11) is 1.67. The minimum atomic E-state index is -0.0566. The molecule has 2 aliphatic heterocycles. The van der Waals surface area contributed by atoms with Crippen LogP contribution in [-0.4, -0.2) is 71.8 Å². The standard InChI is InChI=1S/C19H25N5O3/c1-26-16-5-2-4-15(12-16)22-7-9-23(10-8-22)19(25)18-14-24(21-20-18)13-17-6-3-11-27-17/h2,4-5,12,14,17H,3,6-11,13H2,1H3/t17-/m0/s1. The van der Waals surface area contributed by atoms with Crippen LogP contribution < -0.4 is 9.64 Å². The fourth-order valence-corrected chi connectivity index (χ4v) is 3.62. The zero-order valence-electron chi connectivity index (χ0n) is 15.6. The highest BCUT2D eigenvalue weighted by atomic mass is 16.5. The predicted molar refractivity (Wildman–Crippen MR) is 100 cm³/mol. The van der Waals surface area contributed by atoms with Gasteiger partial charge in [-0.15, -0.1) is 5.10 Å². The molecule has 27 heavy (non-hydrogen) atoms.